The van der Waals surface area contributed by atoms with Crippen LogP contribution in [0.15, 0.2) is 48.5 Å². The van der Waals surface area contributed by atoms with E-state index in [2.05, 4.69) is 10.6 Å². The zero-order chi connectivity index (χ0) is 20.4. The minimum Gasteiger partial charge on any atom is -0.497 e. The minimum atomic E-state index is -0.220. The second-order valence-electron chi connectivity index (χ2n) is 6.59. The van der Waals surface area contributed by atoms with Gasteiger partial charge in [0.25, 0.3) is 0 Å². The van der Waals surface area contributed by atoms with Crippen molar-refractivity contribution in [2.24, 2.45) is 5.92 Å². The van der Waals surface area contributed by atoms with Crippen molar-refractivity contribution in [1.82, 2.24) is 10.6 Å². The molecule has 2 aromatic carbocycles. The fourth-order valence-electron chi connectivity index (χ4n) is 2.88. The quantitative estimate of drug-likeness (QED) is 0.659. The Morgan fingerprint density at radius 1 is 1.00 bits per heavy atom. The number of hydrogen-bond acceptors (Lipinski definition) is 4. The van der Waals surface area contributed by atoms with Crippen molar-refractivity contribution in [3.8, 4) is 11.5 Å². The molecule has 6 heteroatoms. The van der Waals surface area contributed by atoms with Gasteiger partial charge in [-0.15, -0.1) is 0 Å². The normalized spacial score (nSPS) is 11.4. The molecule has 0 radical (unpaired) electrons. The predicted molar refractivity (Wildman–Crippen MR) is 109 cm³/mol. The molecule has 0 fully saturated rings. The molecule has 0 bridgehead atoms. The summed E-state index contributed by atoms with van der Waals surface area (Å²) < 4.78 is 10.6. The van der Waals surface area contributed by atoms with Crippen molar-refractivity contribution in [3.63, 3.8) is 0 Å². The molecule has 0 aliphatic heterocycles. The fourth-order valence-corrected chi connectivity index (χ4v) is 2.88. The molecule has 1 unspecified atom stereocenters. The van der Waals surface area contributed by atoms with Gasteiger partial charge >= 0.3 is 0 Å². The average Bonchev–Trinajstić information content (AvgIpc) is 2.72. The zero-order valence-electron chi connectivity index (χ0n) is 16.7. The number of nitrogens with one attached hydrogen (secondary N) is 2. The van der Waals surface area contributed by atoms with Gasteiger partial charge in [-0.1, -0.05) is 37.3 Å². The summed E-state index contributed by atoms with van der Waals surface area (Å²) in [5, 5.41) is 5.51. The first-order valence-corrected chi connectivity index (χ1v) is 9.32. The Morgan fingerprint density at radius 2 is 1.75 bits per heavy atom. The molecule has 0 aliphatic rings. The fraction of sp³-hybridized carbons (Fsp3) is 0.364. The number of amides is 2. The highest BCUT2D eigenvalue weighted by molar-refractivity contribution is 5.85. The summed E-state index contributed by atoms with van der Waals surface area (Å²) in [4.78, 5) is 24.2. The Morgan fingerprint density at radius 3 is 2.43 bits per heavy atom. The van der Waals surface area contributed by atoms with Crippen LogP contribution in [0.3, 0.4) is 0 Å². The molecule has 28 heavy (non-hydrogen) atoms. The van der Waals surface area contributed by atoms with E-state index < -0.39 is 0 Å². The van der Waals surface area contributed by atoms with Crippen LogP contribution < -0.4 is 20.1 Å². The largest absolute Gasteiger partial charge is 0.497 e. The number of carbonyl (C=O) groups is 2. The number of rotatable bonds is 10. The van der Waals surface area contributed by atoms with E-state index >= 15 is 0 Å². The van der Waals surface area contributed by atoms with Crippen LogP contribution in [0.4, 0.5) is 0 Å². The summed E-state index contributed by atoms with van der Waals surface area (Å²) in [6.07, 6.45) is 1.24. The molecule has 0 spiro atoms. The van der Waals surface area contributed by atoms with E-state index in [1.54, 1.807) is 14.2 Å². The molecule has 1 atom stereocenters. The lowest BCUT2D eigenvalue weighted by Gasteiger charge is -2.13. The van der Waals surface area contributed by atoms with Crippen LogP contribution in [0, 0.1) is 5.92 Å². The second-order valence-corrected chi connectivity index (χ2v) is 6.59. The van der Waals surface area contributed by atoms with Crippen LogP contribution in [-0.2, 0) is 22.4 Å². The summed E-state index contributed by atoms with van der Waals surface area (Å²) in [5.41, 5.74) is 2.05. The maximum atomic E-state index is 12.2. The van der Waals surface area contributed by atoms with Crippen LogP contribution in [0.5, 0.6) is 11.5 Å². The molecule has 0 saturated carbocycles. The smallest absolute Gasteiger partial charge is 0.239 e. The van der Waals surface area contributed by atoms with Gasteiger partial charge in [0.15, 0.2) is 0 Å². The monoisotopic (exact) mass is 384 g/mol. The molecule has 2 aromatic rings. The summed E-state index contributed by atoms with van der Waals surface area (Å²) in [6, 6.07) is 15.4. The van der Waals surface area contributed by atoms with Gasteiger partial charge in [0.1, 0.15) is 11.5 Å². The molecule has 6 nitrogen and oxygen atoms in total. The van der Waals surface area contributed by atoms with Gasteiger partial charge in [-0.05, 0) is 42.2 Å². The van der Waals surface area contributed by atoms with Gasteiger partial charge in [0.2, 0.25) is 11.8 Å². The van der Waals surface area contributed by atoms with Gasteiger partial charge in [-0.2, -0.15) is 0 Å². The van der Waals surface area contributed by atoms with Crippen molar-refractivity contribution >= 4 is 11.8 Å². The first kappa shape index (κ1) is 21.3. The van der Waals surface area contributed by atoms with Crippen molar-refractivity contribution in [2.75, 3.05) is 27.3 Å². The van der Waals surface area contributed by atoms with E-state index in [4.69, 9.17) is 9.47 Å². The number of carbonyl (C=O) groups excluding carboxylic acids is 2. The molecule has 0 aliphatic carbocycles. The SMILES string of the molecule is COc1ccc(OC)c(CCNC(=O)CNC(=O)C(C)Cc2ccccc2)c1. The third-order valence-electron chi connectivity index (χ3n) is 4.46. The van der Waals surface area contributed by atoms with E-state index in [0.29, 0.717) is 19.4 Å². The van der Waals surface area contributed by atoms with Gasteiger partial charge in [-0.25, -0.2) is 0 Å². The molecule has 0 saturated heterocycles. The van der Waals surface area contributed by atoms with Crippen LogP contribution in [0.25, 0.3) is 0 Å². The van der Waals surface area contributed by atoms with Gasteiger partial charge in [0, 0.05) is 12.5 Å². The molecule has 2 N–H and O–H groups in total. The Balaban J connectivity index is 1.73. The van der Waals surface area contributed by atoms with E-state index in [0.717, 1.165) is 22.6 Å². The van der Waals surface area contributed by atoms with E-state index in [1.165, 1.54) is 0 Å². The first-order valence-electron chi connectivity index (χ1n) is 9.32. The van der Waals surface area contributed by atoms with Crippen molar-refractivity contribution in [2.45, 2.75) is 19.8 Å². The van der Waals surface area contributed by atoms with Crippen LogP contribution in [-0.4, -0.2) is 39.1 Å². The Labute approximate surface area is 166 Å². The average molecular weight is 384 g/mol. The lowest BCUT2D eigenvalue weighted by atomic mass is 10.0. The third-order valence-corrected chi connectivity index (χ3v) is 4.46. The predicted octanol–water partition coefficient (Wildman–Crippen LogP) is 2.36. The summed E-state index contributed by atoms with van der Waals surface area (Å²) in [7, 11) is 3.21. The topological polar surface area (TPSA) is 76.7 Å². The molecule has 150 valence electrons. The minimum absolute atomic E-state index is 0.0345. The lowest BCUT2D eigenvalue weighted by molar-refractivity contribution is -0.128. The van der Waals surface area contributed by atoms with Crippen LogP contribution in [0.2, 0.25) is 0 Å². The number of ether oxygens (including phenoxy) is 2. The van der Waals surface area contributed by atoms with Gasteiger partial charge < -0.3 is 20.1 Å². The highest BCUT2D eigenvalue weighted by Gasteiger charge is 2.14. The molecule has 2 amide bonds. The van der Waals surface area contributed by atoms with Gasteiger partial charge in [0.05, 0.1) is 20.8 Å². The second kappa shape index (κ2) is 11.0. The van der Waals surface area contributed by atoms with E-state index in [1.807, 2.05) is 55.5 Å². The van der Waals surface area contributed by atoms with Crippen LogP contribution in [0.1, 0.15) is 18.1 Å². The lowest BCUT2D eigenvalue weighted by Crippen LogP contribution is -2.40. The third kappa shape index (κ3) is 6.61. The molecule has 0 aromatic heterocycles. The summed E-state index contributed by atoms with van der Waals surface area (Å²) in [6.45, 7) is 2.26. The summed E-state index contributed by atoms with van der Waals surface area (Å²) in [5.74, 6) is 0.937. The van der Waals surface area contributed by atoms with Crippen molar-refractivity contribution in [3.05, 3.63) is 59.7 Å². The molecule has 0 heterocycles. The zero-order valence-corrected chi connectivity index (χ0v) is 16.7. The highest BCUT2D eigenvalue weighted by Crippen LogP contribution is 2.24. The Hall–Kier alpha value is -3.02. The van der Waals surface area contributed by atoms with Crippen molar-refractivity contribution in [1.29, 1.82) is 0 Å². The van der Waals surface area contributed by atoms with Crippen LogP contribution >= 0.6 is 0 Å². The van der Waals surface area contributed by atoms with E-state index in [9.17, 15) is 9.59 Å². The van der Waals surface area contributed by atoms with E-state index in [-0.39, 0.29) is 24.3 Å². The summed E-state index contributed by atoms with van der Waals surface area (Å²) >= 11 is 0. The number of methoxy groups -OCH3 is 2. The number of benzene rings is 2. The highest BCUT2D eigenvalue weighted by atomic mass is 16.5. The Bertz CT molecular complexity index is 777. The maximum Gasteiger partial charge on any atom is 0.239 e. The Kier molecular flexibility index (Phi) is 8.34. The molecule has 2 rings (SSSR count). The van der Waals surface area contributed by atoms with Crippen molar-refractivity contribution < 1.29 is 19.1 Å². The molecular formula is C22H28N2O4. The maximum absolute atomic E-state index is 12.2. The standard InChI is InChI=1S/C22H28N2O4/c1-16(13-17-7-5-4-6-8-17)22(26)24-15-21(25)23-12-11-18-14-19(27-2)9-10-20(18)28-3/h4-10,14,16H,11-13,15H2,1-3H3,(H,23,25)(H,24,26). The number of hydrogen-bond donors (Lipinski definition) is 2. The van der Waals surface area contributed by atoms with Gasteiger partial charge in [-0.3, -0.25) is 9.59 Å². The molecular weight excluding hydrogens is 356 g/mol. The first-order chi connectivity index (χ1) is 13.5.